The number of nitrogens with zero attached hydrogens (tertiary/aromatic N) is 1. The van der Waals surface area contributed by atoms with E-state index in [9.17, 15) is 9.59 Å². The Labute approximate surface area is 222 Å². The maximum absolute atomic E-state index is 13.0. The van der Waals surface area contributed by atoms with E-state index in [0.29, 0.717) is 13.0 Å². The van der Waals surface area contributed by atoms with Gasteiger partial charge in [-0.2, -0.15) is 0 Å². The van der Waals surface area contributed by atoms with E-state index in [4.69, 9.17) is 4.74 Å². The molecule has 0 atom stereocenters. The Morgan fingerprint density at radius 2 is 1.36 bits per heavy atom. The molecule has 0 unspecified atom stereocenters. The lowest BCUT2D eigenvalue weighted by molar-refractivity contribution is -0.142. The summed E-state index contributed by atoms with van der Waals surface area (Å²) in [5, 5.41) is 3.12. The summed E-state index contributed by atoms with van der Waals surface area (Å²) in [6.07, 6.45) is 10.7. The van der Waals surface area contributed by atoms with Crippen molar-refractivity contribution in [3.05, 3.63) is 54.1 Å². The number of rotatable bonds is 17. The Morgan fingerprint density at radius 3 is 1.97 bits per heavy atom. The number of carbonyl (C=O) groups is 2. The minimum absolute atomic E-state index is 0.000387. The number of ether oxygens (including phenoxy) is 1. The van der Waals surface area contributed by atoms with Crippen LogP contribution in [-0.2, 0) is 16.0 Å². The summed E-state index contributed by atoms with van der Waals surface area (Å²) in [6.45, 7) is 8.10. The quantitative estimate of drug-likeness (QED) is 0.172. The molecule has 0 saturated heterocycles. The van der Waals surface area contributed by atoms with Crippen LogP contribution in [0.2, 0.25) is 0 Å². The number of nitrogens with one attached hydrogen (secondary N) is 1. The van der Waals surface area contributed by atoms with E-state index < -0.39 is 0 Å². The maximum atomic E-state index is 13.0. The molecule has 0 radical (unpaired) electrons. The first-order valence-electron chi connectivity index (χ1n) is 13.6. The van der Waals surface area contributed by atoms with Crippen molar-refractivity contribution in [1.29, 1.82) is 0 Å². The lowest BCUT2D eigenvalue weighted by Gasteiger charge is -2.23. The molecule has 2 amide bonds. The number of amides is 2. The zero-order valence-electron chi connectivity index (χ0n) is 22.4. The van der Waals surface area contributed by atoms with Crippen LogP contribution in [0.25, 0.3) is 0 Å². The highest BCUT2D eigenvalue weighted by Gasteiger charge is 2.15. The third-order valence-electron chi connectivity index (χ3n) is 6.00. The van der Waals surface area contributed by atoms with Crippen molar-refractivity contribution in [2.45, 2.75) is 94.8 Å². The minimum Gasteiger partial charge on any atom is -0.466 e. The Hall–Kier alpha value is -2.47. The molecule has 198 valence electrons. The van der Waals surface area contributed by atoms with Crippen LogP contribution in [0.1, 0.15) is 84.1 Å². The third-order valence-corrected chi connectivity index (χ3v) is 7.01. The lowest BCUT2D eigenvalue weighted by atomic mass is 10.1. The number of benzene rings is 2. The largest absolute Gasteiger partial charge is 0.466 e. The molecule has 0 aromatic heterocycles. The number of hydrogen-bond donors (Lipinski definition) is 1. The van der Waals surface area contributed by atoms with Crippen molar-refractivity contribution in [2.75, 3.05) is 24.6 Å². The second kappa shape index (κ2) is 17.9. The molecule has 0 fully saturated rings. The van der Waals surface area contributed by atoms with E-state index in [1.165, 1.54) is 32.1 Å². The normalized spacial score (nSPS) is 10.8. The van der Waals surface area contributed by atoms with Gasteiger partial charge in [0.25, 0.3) is 0 Å². The number of anilines is 1. The molecular weight excluding hydrogens is 468 g/mol. The molecule has 0 aliphatic carbocycles. The second-order valence-electron chi connectivity index (χ2n) is 9.08. The SMILES string of the molecule is CCCCCCCN(C(=O)NCCCCCC)c1ccc(Sc2ccc(CC(=O)OCC)cc2)cc1. The van der Waals surface area contributed by atoms with Gasteiger partial charge in [0.05, 0.1) is 13.0 Å². The van der Waals surface area contributed by atoms with Crippen molar-refractivity contribution >= 4 is 29.4 Å². The Balaban J connectivity index is 1.97. The van der Waals surface area contributed by atoms with Gasteiger partial charge in [0.15, 0.2) is 0 Å². The third kappa shape index (κ3) is 11.5. The van der Waals surface area contributed by atoms with Crippen LogP contribution in [0.4, 0.5) is 10.5 Å². The van der Waals surface area contributed by atoms with Gasteiger partial charge >= 0.3 is 12.0 Å². The van der Waals surface area contributed by atoms with Crippen LogP contribution in [0.15, 0.2) is 58.3 Å². The molecule has 2 aromatic rings. The molecule has 36 heavy (non-hydrogen) atoms. The summed E-state index contributed by atoms with van der Waals surface area (Å²) in [6, 6.07) is 16.2. The summed E-state index contributed by atoms with van der Waals surface area (Å²) < 4.78 is 5.02. The summed E-state index contributed by atoms with van der Waals surface area (Å²) in [4.78, 5) is 28.8. The minimum atomic E-state index is -0.201. The molecule has 0 aliphatic heterocycles. The van der Waals surface area contributed by atoms with Crippen LogP contribution in [-0.4, -0.2) is 31.7 Å². The number of urea groups is 1. The fraction of sp³-hybridized carbons (Fsp3) is 0.533. The molecule has 0 bridgehead atoms. The van der Waals surface area contributed by atoms with E-state index in [-0.39, 0.29) is 12.0 Å². The smallest absolute Gasteiger partial charge is 0.321 e. The zero-order chi connectivity index (χ0) is 26.0. The number of esters is 1. The molecule has 0 heterocycles. The van der Waals surface area contributed by atoms with Crippen molar-refractivity contribution in [3.63, 3.8) is 0 Å². The van der Waals surface area contributed by atoms with E-state index in [0.717, 1.165) is 59.8 Å². The van der Waals surface area contributed by atoms with Crippen molar-refractivity contribution in [3.8, 4) is 0 Å². The van der Waals surface area contributed by atoms with Gasteiger partial charge in [-0.25, -0.2) is 4.79 Å². The Kier molecular flexibility index (Phi) is 14.8. The fourth-order valence-electron chi connectivity index (χ4n) is 3.95. The Morgan fingerprint density at radius 1 is 0.778 bits per heavy atom. The van der Waals surface area contributed by atoms with Crippen molar-refractivity contribution in [2.24, 2.45) is 0 Å². The summed E-state index contributed by atoms with van der Waals surface area (Å²) in [5.41, 5.74) is 1.88. The van der Waals surface area contributed by atoms with Gasteiger partial charge in [-0.1, -0.05) is 82.7 Å². The molecule has 5 nitrogen and oxygen atoms in total. The van der Waals surface area contributed by atoms with Gasteiger partial charge in [-0.05, 0) is 61.7 Å². The zero-order valence-corrected chi connectivity index (χ0v) is 23.2. The molecule has 0 saturated carbocycles. The highest BCUT2D eigenvalue weighted by molar-refractivity contribution is 7.99. The second-order valence-corrected chi connectivity index (χ2v) is 10.2. The molecule has 2 aromatic carbocycles. The monoisotopic (exact) mass is 512 g/mol. The first-order valence-corrected chi connectivity index (χ1v) is 14.5. The van der Waals surface area contributed by atoms with Gasteiger partial charge in [0, 0.05) is 28.6 Å². The van der Waals surface area contributed by atoms with Crippen LogP contribution in [0.5, 0.6) is 0 Å². The van der Waals surface area contributed by atoms with Crippen molar-refractivity contribution in [1.82, 2.24) is 5.32 Å². The van der Waals surface area contributed by atoms with Gasteiger partial charge in [0.2, 0.25) is 0 Å². The topological polar surface area (TPSA) is 58.6 Å². The summed E-state index contributed by atoms with van der Waals surface area (Å²) >= 11 is 1.67. The summed E-state index contributed by atoms with van der Waals surface area (Å²) in [5.74, 6) is -0.201. The van der Waals surface area contributed by atoms with Gasteiger partial charge in [-0.15, -0.1) is 0 Å². The standard InChI is InChI=1S/C30H44N2O3S/c1-4-7-9-11-13-23-32(30(34)31-22-12-10-8-5-2)26-16-20-28(21-17-26)36-27-18-14-25(15-19-27)24-29(33)35-6-3/h14-21H,4-13,22-24H2,1-3H3,(H,31,34). The van der Waals surface area contributed by atoms with Crippen LogP contribution < -0.4 is 10.2 Å². The molecule has 0 spiro atoms. The lowest BCUT2D eigenvalue weighted by Crippen LogP contribution is -2.41. The number of carbonyl (C=O) groups excluding carboxylic acids is 2. The van der Waals surface area contributed by atoms with E-state index in [2.05, 4.69) is 31.3 Å². The van der Waals surface area contributed by atoms with Crippen molar-refractivity contribution < 1.29 is 14.3 Å². The highest BCUT2D eigenvalue weighted by atomic mass is 32.2. The van der Waals surface area contributed by atoms with Gasteiger partial charge in [-0.3, -0.25) is 9.69 Å². The maximum Gasteiger partial charge on any atom is 0.321 e. The highest BCUT2D eigenvalue weighted by Crippen LogP contribution is 2.30. The van der Waals surface area contributed by atoms with Crippen LogP contribution in [0, 0.1) is 0 Å². The number of hydrogen-bond acceptors (Lipinski definition) is 4. The average Bonchev–Trinajstić information content (AvgIpc) is 2.88. The van der Waals surface area contributed by atoms with E-state index >= 15 is 0 Å². The van der Waals surface area contributed by atoms with Crippen LogP contribution in [0.3, 0.4) is 0 Å². The molecule has 6 heteroatoms. The summed E-state index contributed by atoms with van der Waals surface area (Å²) in [7, 11) is 0. The van der Waals surface area contributed by atoms with Gasteiger partial charge in [0.1, 0.15) is 0 Å². The average molecular weight is 513 g/mol. The first-order chi connectivity index (χ1) is 17.6. The van der Waals surface area contributed by atoms with E-state index in [1.807, 2.05) is 48.2 Å². The number of unbranched alkanes of at least 4 members (excludes halogenated alkanes) is 7. The predicted molar refractivity (Wildman–Crippen MR) is 151 cm³/mol. The molecule has 2 rings (SSSR count). The first kappa shape index (κ1) is 29.8. The molecular formula is C30H44N2O3S. The predicted octanol–water partition coefficient (Wildman–Crippen LogP) is 8.01. The van der Waals surface area contributed by atoms with E-state index in [1.54, 1.807) is 11.8 Å². The fourth-order valence-corrected chi connectivity index (χ4v) is 4.76. The Bertz CT molecular complexity index is 884. The van der Waals surface area contributed by atoms with Gasteiger partial charge < -0.3 is 10.1 Å². The van der Waals surface area contributed by atoms with Crippen LogP contribution >= 0.6 is 11.8 Å². The molecule has 1 N–H and O–H groups in total. The molecule has 0 aliphatic rings.